The summed E-state index contributed by atoms with van der Waals surface area (Å²) in [7, 11) is -1.74. The molecule has 10 heteroatoms. The maximum Gasteiger partial charge on any atom is 0.415 e. The molecule has 28 heavy (non-hydrogen) atoms. The van der Waals surface area contributed by atoms with Crippen LogP contribution >= 0.6 is 11.9 Å². The van der Waals surface area contributed by atoms with Crippen LogP contribution in [0.25, 0.3) is 0 Å². The van der Waals surface area contributed by atoms with Gasteiger partial charge >= 0.3 is 12.1 Å². The lowest BCUT2D eigenvalue weighted by Gasteiger charge is -2.47. The van der Waals surface area contributed by atoms with Gasteiger partial charge in [0.2, 0.25) is 0 Å². The Morgan fingerprint density at radius 3 is 2.54 bits per heavy atom. The number of carbonyl (C=O) groups excluding carboxylic acids is 2. The van der Waals surface area contributed by atoms with Crippen molar-refractivity contribution in [3.8, 4) is 0 Å². The van der Waals surface area contributed by atoms with Crippen LogP contribution in [0.3, 0.4) is 0 Å². The Hall–Kier alpha value is -1.78. The Morgan fingerprint density at radius 2 is 2.00 bits per heavy atom. The van der Waals surface area contributed by atoms with Crippen molar-refractivity contribution in [1.29, 1.82) is 0 Å². The molecule has 156 valence electrons. The average molecular weight is 427 g/mol. The summed E-state index contributed by atoms with van der Waals surface area (Å²) < 4.78 is 13.5. The number of anilines is 1. The second-order valence-electron chi connectivity index (χ2n) is 8.14. The number of aromatic nitrogens is 1. The largest absolute Gasteiger partial charge is 0.450 e. The Bertz CT molecular complexity index is 688. The van der Waals surface area contributed by atoms with Crippen molar-refractivity contribution in [2.45, 2.75) is 57.0 Å². The molecule has 3 amide bonds. The topological polar surface area (TPSA) is 92.8 Å². The minimum atomic E-state index is -1.74. The van der Waals surface area contributed by atoms with E-state index >= 15 is 0 Å². The summed E-state index contributed by atoms with van der Waals surface area (Å²) in [5.74, 6) is 0. The molecule has 0 atom stereocenters. The zero-order chi connectivity index (χ0) is 20.9. The molecule has 2 rings (SSSR count). The third-order valence-corrected chi connectivity index (χ3v) is 10.2. The van der Waals surface area contributed by atoms with Gasteiger partial charge in [-0.25, -0.2) is 19.9 Å². The van der Waals surface area contributed by atoms with E-state index < -0.39 is 20.4 Å². The Morgan fingerprint density at radius 1 is 1.32 bits per heavy atom. The lowest BCUT2D eigenvalue weighted by atomic mass is 10.1. The molecule has 0 spiro atoms. The summed E-state index contributed by atoms with van der Waals surface area (Å²) in [4.78, 5) is 29.3. The van der Waals surface area contributed by atoms with Gasteiger partial charge in [0.25, 0.3) is 0 Å². The van der Waals surface area contributed by atoms with Crippen molar-refractivity contribution in [2.24, 2.45) is 0 Å². The van der Waals surface area contributed by atoms with Crippen molar-refractivity contribution in [2.75, 3.05) is 24.6 Å². The van der Waals surface area contributed by atoms with Crippen molar-refractivity contribution < 1.29 is 18.8 Å². The first-order valence-electron chi connectivity index (χ1n) is 9.31. The molecular formula is C18H30N4O4SSi. The van der Waals surface area contributed by atoms with Crippen molar-refractivity contribution in [3.05, 3.63) is 18.3 Å². The van der Waals surface area contributed by atoms with Gasteiger partial charge in [0.1, 0.15) is 5.03 Å². The lowest BCUT2D eigenvalue weighted by molar-refractivity contribution is 0.149. The summed E-state index contributed by atoms with van der Waals surface area (Å²) in [6.07, 6.45) is 1.26. The highest BCUT2D eigenvalue weighted by Crippen LogP contribution is 2.38. The molecule has 2 N–H and O–H groups in total. The zero-order valence-electron chi connectivity index (χ0n) is 17.4. The van der Waals surface area contributed by atoms with Crippen LogP contribution in [0.5, 0.6) is 0 Å². The van der Waals surface area contributed by atoms with E-state index in [0.29, 0.717) is 5.03 Å². The summed E-state index contributed by atoms with van der Waals surface area (Å²) in [6, 6.07) is 3.14. The number of pyridine rings is 1. The predicted octanol–water partition coefficient (Wildman–Crippen LogP) is 3.75. The first kappa shape index (κ1) is 22.5. The molecule has 1 aliphatic heterocycles. The lowest BCUT2D eigenvalue weighted by Crippen LogP contribution is -2.57. The molecule has 2 heterocycles. The fourth-order valence-electron chi connectivity index (χ4n) is 2.32. The van der Waals surface area contributed by atoms with Crippen LogP contribution in [0, 0.1) is 0 Å². The standard InChI is InChI=1S/C18H30N4O4SSi/c1-7-25-17(24)20-16(23)21-27-15-9-8-13(10-19-15)22-11-14(12-22)26-28(5,6)18(2,3)4/h8-10,14H,7,11-12H2,1-6H3,(H2,20,21,23,24). The van der Waals surface area contributed by atoms with Gasteiger partial charge in [-0.2, -0.15) is 0 Å². The van der Waals surface area contributed by atoms with Gasteiger partial charge in [-0.15, -0.1) is 0 Å². The van der Waals surface area contributed by atoms with Crippen molar-refractivity contribution >= 4 is 38.1 Å². The molecule has 1 saturated heterocycles. The van der Waals surface area contributed by atoms with Crippen LogP contribution in [-0.4, -0.2) is 51.2 Å². The van der Waals surface area contributed by atoms with Crippen LogP contribution in [0.15, 0.2) is 23.4 Å². The number of imide groups is 1. The maximum absolute atomic E-state index is 11.6. The molecule has 1 aromatic heterocycles. The van der Waals surface area contributed by atoms with Gasteiger partial charge in [0.05, 0.1) is 24.6 Å². The molecule has 0 radical (unpaired) electrons. The van der Waals surface area contributed by atoms with Crippen LogP contribution in [0.1, 0.15) is 27.7 Å². The molecule has 1 fully saturated rings. The van der Waals surface area contributed by atoms with Crippen LogP contribution in [-0.2, 0) is 9.16 Å². The maximum atomic E-state index is 11.6. The Kier molecular flexibility index (Phi) is 7.35. The number of alkyl carbamates (subject to hydrolysis) is 1. The number of amides is 3. The predicted molar refractivity (Wildman–Crippen MR) is 113 cm³/mol. The Labute approximate surface area is 172 Å². The first-order chi connectivity index (χ1) is 13.0. The molecule has 0 bridgehead atoms. The third-order valence-electron chi connectivity index (χ3n) is 4.94. The van der Waals surface area contributed by atoms with E-state index in [-0.39, 0.29) is 17.7 Å². The number of hydrogen-bond acceptors (Lipinski definition) is 7. The SMILES string of the molecule is CCOC(=O)NC(=O)NSc1ccc(N2CC(O[Si](C)(C)C(C)(C)C)C2)cn1. The third kappa shape index (κ3) is 6.11. The quantitative estimate of drug-likeness (QED) is 0.528. The fraction of sp³-hybridized carbons (Fsp3) is 0.611. The van der Waals surface area contributed by atoms with Gasteiger partial charge in [0, 0.05) is 25.0 Å². The number of nitrogens with zero attached hydrogens (tertiary/aromatic N) is 2. The molecule has 0 saturated carbocycles. The fourth-order valence-corrected chi connectivity index (χ4v) is 4.15. The number of rotatable bonds is 6. The first-order valence-corrected chi connectivity index (χ1v) is 13.0. The number of ether oxygens (including phenoxy) is 1. The highest BCUT2D eigenvalue weighted by Gasteiger charge is 2.42. The van der Waals surface area contributed by atoms with Crippen LogP contribution in [0.4, 0.5) is 15.3 Å². The van der Waals surface area contributed by atoms with Crippen molar-refractivity contribution in [1.82, 2.24) is 15.0 Å². The van der Waals surface area contributed by atoms with Crippen molar-refractivity contribution in [3.63, 3.8) is 0 Å². The average Bonchev–Trinajstić information content (AvgIpc) is 2.55. The normalized spacial score (nSPS) is 15.0. The second-order valence-corrected chi connectivity index (χ2v) is 13.7. The monoisotopic (exact) mass is 426 g/mol. The zero-order valence-corrected chi connectivity index (χ0v) is 19.2. The molecule has 0 unspecified atom stereocenters. The van der Waals surface area contributed by atoms with E-state index in [9.17, 15) is 9.59 Å². The highest BCUT2D eigenvalue weighted by atomic mass is 32.2. The molecule has 8 nitrogen and oxygen atoms in total. The van der Waals surface area contributed by atoms with E-state index in [2.05, 4.69) is 58.5 Å². The van der Waals surface area contributed by atoms with Gasteiger partial charge in [-0.3, -0.25) is 4.72 Å². The number of nitrogens with one attached hydrogen (secondary N) is 2. The summed E-state index contributed by atoms with van der Waals surface area (Å²) in [5.41, 5.74) is 1.02. The molecule has 0 aliphatic carbocycles. The highest BCUT2D eigenvalue weighted by molar-refractivity contribution is 7.97. The molecule has 0 aromatic carbocycles. The van der Waals surface area contributed by atoms with E-state index in [4.69, 9.17) is 4.43 Å². The summed E-state index contributed by atoms with van der Waals surface area (Å²) >= 11 is 1.03. The smallest absolute Gasteiger partial charge is 0.415 e. The number of hydrogen-bond donors (Lipinski definition) is 2. The molecular weight excluding hydrogens is 396 g/mol. The second kappa shape index (κ2) is 9.14. The molecule has 1 aliphatic rings. The Balaban J connectivity index is 1.77. The van der Waals surface area contributed by atoms with Gasteiger partial charge < -0.3 is 14.1 Å². The van der Waals surface area contributed by atoms with Gasteiger partial charge in [0.15, 0.2) is 8.32 Å². The van der Waals surface area contributed by atoms with E-state index in [1.165, 1.54) is 0 Å². The van der Waals surface area contributed by atoms with E-state index in [1.54, 1.807) is 13.1 Å². The van der Waals surface area contributed by atoms with Crippen LogP contribution in [0.2, 0.25) is 18.1 Å². The number of urea groups is 1. The number of carbonyl (C=O) groups is 2. The molecule has 1 aromatic rings. The van der Waals surface area contributed by atoms with Gasteiger partial charge in [-0.1, -0.05) is 20.8 Å². The van der Waals surface area contributed by atoms with Gasteiger partial charge in [-0.05, 0) is 37.2 Å². The summed E-state index contributed by atoms with van der Waals surface area (Å²) in [5, 5.41) is 2.89. The van der Waals surface area contributed by atoms with E-state index in [0.717, 1.165) is 30.7 Å². The van der Waals surface area contributed by atoms with E-state index in [1.807, 2.05) is 12.1 Å². The van der Waals surface area contributed by atoms with Crippen LogP contribution < -0.4 is 14.9 Å². The minimum absolute atomic E-state index is 0.202. The minimum Gasteiger partial charge on any atom is -0.450 e. The summed E-state index contributed by atoms with van der Waals surface area (Å²) in [6.45, 7) is 14.9.